The number of likely N-dealkylation sites (N-methyl/N-ethyl adjacent to an activating group) is 1. The first-order valence-electron chi connectivity index (χ1n) is 7.57. The predicted octanol–water partition coefficient (Wildman–Crippen LogP) is 2.04. The SMILES string of the molecule is C#Cc1cccc(C2C(C(=O)NC)=C(C)N=C(C)C2C(=O)OC)c1. The Hall–Kier alpha value is -2.87. The van der Waals surface area contributed by atoms with Crippen molar-refractivity contribution >= 4 is 17.6 Å². The Bertz CT molecular complexity index is 784. The van der Waals surface area contributed by atoms with Crippen LogP contribution in [0.5, 0.6) is 0 Å². The van der Waals surface area contributed by atoms with E-state index in [9.17, 15) is 9.59 Å². The maximum Gasteiger partial charge on any atom is 0.315 e. The molecule has 1 aromatic carbocycles. The molecule has 1 N–H and O–H groups in total. The van der Waals surface area contributed by atoms with Gasteiger partial charge in [-0.05, 0) is 31.5 Å². The summed E-state index contributed by atoms with van der Waals surface area (Å²) >= 11 is 0. The van der Waals surface area contributed by atoms with Gasteiger partial charge in [-0.25, -0.2) is 0 Å². The van der Waals surface area contributed by atoms with E-state index < -0.39 is 17.8 Å². The molecule has 1 aliphatic rings. The van der Waals surface area contributed by atoms with Gasteiger partial charge in [0.2, 0.25) is 5.91 Å². The Labute approximate surface area is 141 Å². The fraction of sp³-hybridized carbons (Fsp3) is 0.316. The summed E-state index contributed by atoms with van der Waals surface area (Å²) in [4.78, 5) is 29.2. The first-order valence-corrected chi connectivity index (χ1v) is 7.57. The predicted molar refractivity (Wildman–Crippen MR) is 92.5 cm³/mol. The quantitative estimate of drug-likeness (QED) is 0.683. The van der Waals surface area contributed by atoms with Crippen molar-refractivity contribution in [3.8, 4) is 12.3 Å². The Morgan fingerprint density at radius 1 is 1.33 bits per heavy atom. The fourth-order valence-corrected chi connectivity index (χ4v) is 3.08. The molecule has 2 unspecified atom stereocenters. The van der Waals surface area contributed by atoms with E-state index in [0.29, 0.717) is 22.5 Å². The normalized spacial score (nSPS) is 20.0. The minimum absolute atomic E-state index is 0.270. The molecule has 1 aliphatic heterocycles. The Morgan fingerprint density at radius 3 is 2.62 bits per heavy atom. The van der Waals surface area contributed by atoms with E-state index in [4.69, 9.17) is 11.2 Å². The van der Waals surface area contributed by atoms with Gasteiger partial charge in [0.1, 0.15) is 5.92 Å². The zero-order valence-electron chi connectivity index (χ0n) is 14.2. The number of methoxy groups -OCH3 is 1. The van der Waals surface area contributed by atoms with E-state index in [2.05, 4.69) is 16.2 Å². The second kappa shape index (κ2) is 7.14. The standard InChI is InChI=1S/C19H20N2O3/c1-6-13-8-7-9-14(10-13)17-15(18(22)20-4)11(2)21-12(3)16(17)19(23)24-5/h1,7-10,16-17H,2-5H3,(H,20,22). The lowest BCUT2D eigenvalue weighted by Crippen LogP contribution is -2.38. The number of esters is 1. The molecule has 5 nitrogen and oxygen atoms in total. The Kier molecular flexibility index (Phi) is 5.20. The number of hydrogen-bond donors (Lipinski definition) is 1. The second-order valence-corrected chi connectivity index (χ2v) is 5.58. The molecule has 0 fully saturated rings. The van der Waals surface area contributed by atoms with Crippen molar-refractivity contribution in [2.45, 2.75) is 19.8 Å². The van der Waals surface area contributed by atoms with E-state index in [-0.39, 0.29) is 5.91 Å². The molecule has 5 heteroatoms. The van der Waals surface area contributed by atoms with Gasteiger partial charge < -0.3 is 10.1 Å². The molecule has 0 aromatic heterocycles. The molecule has 1 heterocycles. The maximum atomic E-state index is 12.4. The first-order chi connectivity index (χ1) is 11.4. The molecule has 2 rings (SSSR count). The minimum atomic E-state index is -0.668. The van der Waals surface area contributed by atoms with Crippen LogP contribution in [0, 0.1) is 18.3 Å². The van der Waals surface area contributed by atoms with Gasteiger partial charge >= 0.3 is 5.97 Å². The van der Waals surface area contributed by atoms with Gasteiger partial charge in [0.05, 0.1) is 7.11 Å². The fourth-order valence-electron chi connectivity index (χ4n) is 3.08. The number of hydrogen-bond acceptors (Lipinski definition) is 4. The van der Waals surface area contributed by atoms with Crippen molar-refractivity contribution in [2.75, 3.05) is 14.2 Å². The highest BCUT2D eigenvalue weighted by molar-refractivity contribution is 6.07. The van der Waals surface area contributed by atoms with Crippen LogP contribution < -0.4 is 5.32 Å². The average Bonchev–Trinajstić information content (AvgIpc) is 2.59. The van der Waals surface area contributed by atoms with E-state index in [1.54, 1.807) is 27.0 Å². The number of nitrogens with one attached hydrogen (secondary N) is 1. The molecular weight excluding hydrogens is 304 g/mol. The molecule has 0 saturated carbocycles. The number of rotatable bonds is 3. The number of ether oxygens (including phenoxy) is 1. The van der Waals surface area contributed by atoms with Crippen LogP contribution in [-0.4, -0.2) is 31.7 Å². The van der Waals surface area contributed by atoms with E-state index in [1.807, 2.05) is 18.2 Å². The van der Waals surface area contributed by atoms with Crippen molar-refractivity contribution in [3.05, 3.63) is 46.7 Å². The largest absolute Gasteiger partial charge is 0.468 e. The highest BCUT2D eigenvalue weighted by Crippen LogP contribution is 2.39. The summed E-state index contributed by atoms with van der Waals surface area (Å²) in [5.41, 5.74) is 3.12. The number of allylic oxidation sites excluding steroid dienone is 1. The van der Waals surface area contributed by atoms with Gasteiger partial charge in [0, 0.05) is 35.5 Å². The highest BCUT2D eigenvalue weighted by Gasteiger charge is 2.41. The summed E-state index contributed by atoms with van der Waals surface area (Å²) in [7, 11) is 2.88. The monoisotopic (exact) mass is 324 g/mol. The number of terminal acetylenes is 1. The molecule has 24 heavy (non-hydrogen) atoms. The summed E-state index contributed by atoms with van der Waals surface area (Å²) in [5, 5.41) is 2.63. The lowest BCUT2D eigenvalue weighted by atomic mass is 9.75. The summed E-state index contributed by atoms with van der Waals surface area (Å²) < 4.78 is 4.95. The summed E-state index contributed by atoms with van der Waals surface area (Å²) in [6.07, 6.45) is 5.49. The van der Waals surface area contributed by atoms with E-state index in [1.165, 1.54) is 7.11 Å². The zero-order valence-corrected chi connectivity index (χ0v) is 14.2. The van der Waals surface area contributed by atoms with E-state index >= 15 is 0 Å². The van der Waals surface area contributed by atoms with Crippen LogP contribution >= 0.6 is 0 Å². The highest BCUT2D eigenvalue weighted by atomic mass is 16.5. The van der Waals surface area contributed by atoms with Crippen molar-refractivity contribution in [1.29, 1.82) is 0 Å². The van der Waals surface area contributed by atoms with Crippen molar-refractivity contribution in [3.63, 3.8) is 0 Å². The van der Waals surface area contributed by atoms with Crippen LogP contribution in [0.4, 0.5) is 0 Å². The molecular formula is C19H20N2O3. The summed E-state index contributed by atoms with van der Waals surface area (Å²) in [5.74, 6) is 0.718. The summed E-state index contributed by atoms with van der Waals surface area (Å²) in [6, 6.07) is 7.29. The second-order valence-electron chi connectivity index (χ2n) is 5.58. The Balaban J connectivity index is 2.70. The maximum absolute atomic E-state index is 12.4. The van der Waals surface area contributed by atoms with E-state index in [0.717, 1.165) is 5.56 Å². The minimum Gasteiger partial charge on any atom is -0.468 e. The van der Waals surface area contributed by atoms with Gasteiger partial charge in [0.25, 0.3) is 0 Å². The van der Waals surface area contributed by atoms with Crippen LogP contribution in [0.2, 0.25) is 0 Å². The molecule has 0 radical (unpaired) electrons. The number of amides is 1. The number of carbonyl (C=O) groups is 2. The lowest BCUT2D eigenvalue weighted by Gasteiger charge is -2.31. The van der Waals surface area contributed by atoms with Crippen LogP contribution in [-0.2, 0) is 14.3 Å². The van der Waals surface area contributed by atoms with Crippen molar-refractivity contribution < 1.29 is 14.3 Å². The van der Waals surface area contributed by atoms with Gasteiger partial charge in [-0.2, -0.15) is 0 Å². The third-order valence-electron chi connectivity index (χ3n) is 4.17. The van der Waals surface area contributed by atoms with Crippen LogP contribution in [0.25, 0.3) is 0 Å². The number of benzene rings is 1. The summed E-state index contributed by atoms with van der Waals surface area (Å²) in [6.45, 7) is 3.53. The average molecular weight is 324 g/mol. The molecule has 0 spiro atoms. The number of nitrogens with zero attached hydrogens (tertiary/aromatic N) is 1. The molecule has 0 saturated heterocycles. The molecule has 124 valence electrons. The first kappa shape index (κ1) is 17.5. The molecule has 0 bridgehead atoms. The van der Waals surface area contributed by atoms with Crippen molar-refractivity contribution in [1.82, 2.24) is 5.32 Å². The Morgan fingerprint density at radius 2 is 2.04 bits per heavy atom. The number of carbonyl (C=O) groups excluding carboxylic acids is 2. The smallest absolute Gasteiger partial charge is 0.315 e. The van der Waals surface area contributed by atoms with Gasteiger partial charge in [-0.1, -0.05) is 18.1 Å². The van der Waals surface area contributed by atoms with Crippen LogP contribution in [0.1, 0.15) is 30.9 Å². The molecule has 0 aliphatic carbocycles. The molecule has 1 aromatic rings. The third kappa shape index (κ3) is 3.09. The zero-order chi connectivity index (χ0) is 17.9. The lowest BCUT2D eigenvalue weighted by molar-refractivity contribution is -0.143. The van der Waals surface area contributed by atoms with Gasteiger partial charge in [-0.3, -0.25) is 14.6 Å². The van der Waals surface area contributed by atoms with Crippen LogP contribution in [0.3, 0.4) is 0 Å². The van der Waals surface area contributed by atoms with Gasteiger partial charge in [-0.15, -0.1) is 6.42 Å². The van der Waals surface area contributed by atoms with Gasteiger partial charge in [0.15, 0.2) is 0 Å². The topological polar surface area (TPSA) is 67.8 Å². The van der Waals surface area contributed by atoms with Crippen molar-refractivity contribution in [2.24, 2.45) is 10.9 Å². The molecule has 2 atom stereocenters. The molecule has 1 amide bonds. The number of aliphatic imine (C=N–C) groups is 1. The van der Waals surface area contributed by atoms with Crippen LogP contribution in [0.15, 0.2) is 40.5 Å². The third-order valence-corrected chi connectivity index (χ3v) is 4.17.